The Kier molecular flexibility index (Phi) is 2.52. The van der Waals surface area contributed by atoms with Crippen molar-refractivity contribution in [2.45, 2.75) is 24.5 Å². The average Bonchev–Trinajstić information content (AvgIpc) is 2.65. The molecule has 0 aromatic heterocycles. The molecule has 0 amide bonds. The van der Waals surface area contributed by atoms with Gasteiger partial charge in [0.15, 0.2) is 9.84 Å². The fourth-order valence-electron chi connectivity index (χ4n) is 2.49. The normalized spacial score (nSPS) is 36.4. The lowest BCUT2D eigenvalue weighted by atomic mass is 10.1. The van der Waals surface area contributed by atoms with Crippen LogP contribution in [0.3, 0.4) is 0 Å². The van der Waals surface area contributed by atoms with E-state index in [0.717, 1.165) is 13.1 Å². The van der Waals surface area contributed by atoms with Crippen LogP contribution in [-0.4, -0.2) is 44.5 Å². The summed E-state index contributed by atoms with van der Waals surface area (Å²) in [7, 11) is -3.04. The topological polar surface area (TPSA) is 61.2 Å². The van der Waals surface area contributed by atoms with Crippen molar-refractivity contribution in [2.75, 3.05) is 25.9 Å². The summed E-state index contributed by atoms with van der Waals surface area (Å²) in [6, 6.07) is 2.22. The molecule has 0 aromatic carbocycles. The van der Waals surface area contributed by atoms with Crippen LogP contribution in [0.2, 0.25) is 0 Å². The summed E-state index contributed by atoms with van der Waals surface area (Å²) in [5.74, 6) is 0. The minimum absolute atomic E-state index is 0.421. The summed E-state index contributed by atoms with van der Waals surface area (Å²) >= 11 is 0. The summed E-state index contributed by atoms with van der Waals surface area (Å²) in [6.45, 7) is 2.67. The van der Waals surface area contributed by atoms with Crippen LogP contribution >= 0.6 is 0 Å². The molecule has 2 rings (SSSR count). The molecule has 0 N–H and O–H groups in total. The molecule has 2 atom stereocenters. The lowest BCUT2D eigenvalue weighted by molar-refractivity contribution is 0.297. The molecule has 2 fully saturated rings. The first-order valence-electron chi connectivity index (χ1n) is 5.30. The van der Waals surface area contributed by atoms with Gasteiger partial charge in [-0.2, -0.15) is 5.26 Å². The predicted octanol–water partition coefficient (Wildman–Crippen LogP) is 0.409. The van der Waals surface area contributed by atoms with Gasteiger partial charge in [0.2, 0.25) is 0 Å². The lowest BCUT2D eigenvalue weighted by Crippen LogP contribution is -2.30. The van der Waals surface area contributed by atoms with Crippen LogP contribution in [0.5, 0.6) is 0 Å². The van der Waals surface area contributed by atoms with Gasteiger partial charge in [0.1, 0.15) is 0 Å². The number of nitriles is 1. The summed E-state index contributed by atoms with van der Waals surface area (Å²) in [5, 5.41) is 8.69. The quantitative estimate of drug-likeness (QED) is 0.702. The molecule has 1 aliphatic heterocycles. The Morgan fingerprint density at radius 3 is 2.47 bits per heavy atom. The van der Waals surface area contributed by atoms with E-state index >= 15 is 0 Å². The van der Waals surface area contributed by atoms with Crippen molar-refractivity contribution < 1.29 is 8.42 Å². The first kappa shape index (κ1) is 10.9. The predicted molar refractivity (Wildman–Crippen MR) is 57.0 cm³/mol. The van der Waals surface area contributed by atoms with Gasteiger partial charge in [0.25, 0.3) is 0 Å². The highest BCUT2D eigenvalue weighted by molar-refractivity contribution is 7.91. The van der Waals surface area contributed by atoms with E-state index < -0.39 is 20.5 Å². The number of likely N-dealkylation sites (tertiary alicyclic amines) is 1. The van der Waals surface area contributed by atoms with Crippen molar-refractivity contribution in [1.82, 2.24) is 4.90 Å². The van der Waals surface area contributed by atoms with E-state index in [4.69, 9.17) is 5.26 Å². The maximum absolute atomic E-state index is 11.4. The Labute approximate surface area is 90.8 Å². The Morgan fingerprint density at radius 2 is 2.07 bits per heavy atom. The van der Waals surface area contributed by atoms with Gasteiger partial charge >= 0.3 is 0 Å². The van der Waals surface area contributed by atoms with Crippen molar-refractivity contribution in [3.63, 3.8) is 0 Å². The second kappa shape index (κ2) is 3.46. The van der Waals surface area contributed by atoms with Gasteiger partial charge in [0.05, 0.1) is 16.7 Å². The zero-order valence-electron chi connectivity index (χ0n) is 8.94. The van der Waals surface area contributed by atoms with E-state index in [1.807, 2.05) is 0 Å². The smallest absolute Gasteiger partial charge is 0.151 e. The van der Waals surface area contributed by atoms with Crippen LogP contribution in [-0.2, 0) is 9.84 Å². The summed E-state index contributed by atoms with van der Waals surface area (Å²) in [4.78, 5) is 2.22. The Bertz CT molecular complexity index is 392. The minimum atomic E-state index is -3.04. The van der Waals surface area contributed by atoms with Gasteiger partial charge in [-0.1, -0.05) is 0 Å². The maximum atomic E-state index is 11.4. The molecule has 1 heterocycles. The molecule has 0 bridgehead atoms. The average molecular weight is 228 g/mol. The van der Waals surface area contributed by atoms with Gasteiger partial charge in [0, 0.05) is 12.8 Å². The summed E-state index contributed by atoms with van der Waals surface area (Å²) in [5.41, 5.74) is -0.599. The molecular weight excluding hydrogens is 212 g/mol. The SMILES string of the molecule is CS(=O)(=O)C1CC1(C#N)CN1CCCC1. The molecule has 0 radical (unpaired) electrons. The monoisotopic (exact) mass is 228 g/mol. The third-order valence-corrected chi connectivity index (χ3v) is 5.10. The van der Waals surface area contributed by atoms with Gasteiger partial charge in [-0.3, -0.25) is 0 Å². The summed E-state index contributed by atoms with van der Waals surface area (Å²) < 4.78 is 22.7. The lowest BCUT2D eigenvalue weighted by Gasteiger charge is -2.18. The standard InChI is InChI=1S/C10H16N2O2S/c1-15(13,14)9-6-10(9,7-11)8-12-4-2-3-5-12/h9H,2-6,8H2,1H3. The highest BCUT2D eigenvalue weighted by atomic mass is 32.2. The highest BCUT2D eigenvalue weighted by Crippen LogP contribution is 2.50. The highest BCUT2D eigenvalue weighted by Gasteiger charge is 2.61. The summed E-state index contributed by atoms with van der Waals surface area (Å²) in [6.07, 6.45) is 4.11. The molecule has 0 aromatic rings. The van der Waals surface area contributed by atoms with Crippen molar-refractivity contribution >= 4 is 9.84 Å². The first-order valence-corrected chi connectivity index (χ1v) is 7.26. The van der Waals surface area contributed by atoms with Crippen LogP contribution in [0, 0.1) is 16.7 Å². The van der Waals surface area contributed by atoms with Gasteiger partial charge < -0.3 is 4.90 Å². The van der Waals surface area contributed by atoms with Crippen molar-refractivity contribution in [1.29, 1.82) is 5.26 Å². The number of nitrogens with zero attached hydrogens (tertiary/aromatic N) is 2. The molecule has 2 unspecified atom stereocenters. The third-order valence-electron chi connectivity index (χ3n) is 3.45. The zero-order valence-corrected chi connectivity index (χ0v) is 9.76. The fraction of sp³-hybridized carbons (Fsp3) is 0.900. The Morgan fingerprint density at radius 1 is 1.47 bits per heavy atom. The van der Waals surface area contributed by atoms with E-state index in [9.17, 15) is 8.42 Å². The molecule has 1 aliphatic carbocycles. The third kappa shape index (κ3) is 2.01. The first-order chi connectivity index (χ1) is 6.98. The molecular formula is C10H16N2O2S. The van der Waals surface area contributed by atoms with Gasteiger partial charge in [-0.25, -0.2) is 8.42 Å². The van der Waals surface area contributed by atoms with Crippen molar-refractivity contribution in [3.05, 3.63) is 0 Å². The second-order valence-corrected chi connectivity index (χ2v) is 7.00. The molecule has 1 saturated carbocycles. The van der Waals surface area contributed by atoms with E-state index in [1.165, 1.54) is 19.1 Å². The van der Waals surface area contributed by atoms with Crippen molar-refractivity contribution in [2.24, 2.45) is 5.41 Å². The van der Waals surface area contributed by atoms with Crippen LogP contribution in [0.25, 0.3) is 0 Å². The van der Waals surface area contributed by atoms with E-state index in [1.54, 1.807) is 0 Å². The number of hydrogen-bond acceptors (Lipinski definition) is 4. The number of sulfone groups is 1. The largest absolute Gasteiger partial charge is 0.302 e. The number of hydrogen-bond donors (Lipinski definition) is 0. The Balaban J connectivity index is 2.04. The van der Waals surface area contributed by atoms with Crippen LogP contribution in [0.1, 0.15) is 19.3 Å². The second-order valence-electron chi connectivity index (χ2n) is 4.77. The van der Waals surface area contributed by atoms with Gasteiger partial charge in [-0.05, 0) is 32.4 Å². The van der Waals surface area contributed by atoms with Crippen LogP contribution in [0.15, 0.2) is 0 Å². The van der Waals surface area contributed by atoms with E-state index in [0.29, 0.717) is 13.0 Å². The van der Waals surface area contributed by atoms with Crippen molar-refractivity contribution in [3.8, 4) is 6.07 Å². The van der Waals surface area contributed by atoms with E-state index in [-0.39, 0.29) is 0 Å². The maximum Gasteiger partial charge on any atom is 0.151 e. The number of rotatable bonds is 3. The van der Waals surface area contributed by atoms with Crippen LogP contribution < -0.4 is 0 Å². The fourth-order valence-corrected chi connectivity index (χ4v) is 4.04. The molecule has 4 nitrogen and oxygen atoms in total. The minimum Gasteiger partial charge on any atom is -0.302 e. The molecule has 15 heavy (non-hydrogen) atoms. The molecule has 0 spiro atoms. The molecule has 2 aliphatic rings. The Hall–Kier alpha value is -0.600. The zero-order chi connectivity index (χ0) is 11.1. The molecule has 5 heteroatoms. The van der Waals surface area contributed by atoms with Gasteiger partial charge in [-0.15, -0.1) is 0 Å². The molecule has 84 valence electrons. The molecule has 1 saturated heterocycles. The van der Waals surface area contributed by atoms with E-state index in [2.05, 4.69) is 11.0 Å². The van der Waals surface area contributed by atoms with Crippen LogP contribution in [0.4, 0.5) is 0 Å².